The summed E-state index contributed by atoms with van der Waals surface area (Å²) in [4.78, 5) is 13.1. The van der Waals surface area contributed by atoms with Crippen LogP contribution in [0.3, 0.4) is 0 Å². The molecule has 1 unspecified atom stereocenters. The van der Waals surface area contributed by atoms with E-state index in [4.69, 9.17) is 4.74 Å². The van der Waals surface area contributed by atoms with Gasteiger partial charge in [-0.25, -0.2) is 8.42 Å². The molecule has 0 aromatic heterocycles. The van der Waals surface area contributed by atoms with E-state index >= 15 is 0 Å². The zero-order valence-corrected chi connectivity index (χ0v) is 19.1. The fourth-order valence-electron chi connectivity index (χ4n) is 3.48. The van der Waals surface area contributed by atoms with E-state index in [0.29, 0.717) is 37.2 Å². The van der Waals surface area contributed by atoms with Gasteiger partial charge >= 0.3 is 0 Å². The molecule has 8 heteroatoms. The molecular formula is C21H25BrN2O4S. The molecule has 156 valence electrons. The normalized spacial score (nSPS) is 16.2. The van der Waals surface area contributed by atoms with Gasteiger partial charge in [0.05, 0.1) is 17.5 Å². The number of halogens is 1. The first-order chi connectivity index (χ1) is 13.8. The van der Waals surface area contributed by atoms with Crippen LogP contribution in [0.25, 0.3) is 0 Å². The van der Waals surface area contributed by atoms with E-state index < -0.39 is 10.0 Å². The number of benzene rings is 2. The fourth-order valence-corrected chi connectivity index (χ4v) is 5.57. The van der Waals surface area contributed by atoms with Crippen LogP contribution >= 0.6 is 15.9 Å². The Morgan fingerprint density at radius 3 is 2.62 bits per heavy atom. The van der Waals surface area contributed by atoms with E-state index in [0.717, 1.165) is 15.8 Å². The summed E-state index contributed by atoms with van der Waals surface area (Å²) >= 11 is 3.46. The number of carbonyl (C=O) groups excluding carboxylic acids is 1. The second-order valence-electron chi connectivity index (χ2n) is 6.91. The summed E-state index contributed by atoms with van der Waals surface area (Å²) in [6.07, 6.45) is 0.645. The van der Waals surface area contributed by atoms with Gasteiger partial charge < -0.3 is 10.1 Å². The van der Waals surface area contributed by atoms with Crippen molar-refractivity contribution in [2.24, 2.45) is 0 Å². The number of fused-ring (bicyclic) bond motifs is 1. The van der Waals surface area contributed by atoms with E-state index in [2.05, 4.69) is 21.2 Å². The van der Waals surface area contributed by atoms with Crippen LogP contribution in [0.2, 0.25) is 0 Å². The largest absolute Gasteiger partial charge is 0.493 e. The Kier molecular flexibility index (Phi) is 6.65. The minimum Gasteiger partial charge on any atom is -0.493 e. The Morgan fingerprint density at radius 2 is 1.93 bits per heavy atom. The third kappa shape index (κ3) is 4.49. The highest BCUT2D eigenvalue weighted by Gasteiger charge is 2.27. The molecular weight excluding hydrogens is 456 g/mol. The molecule has 0 spiro atoms. The minimum absolute atomic E-state index is 0.170. The zero-order chi connectivity index (χ0) is 21.2. The average Bonchev–Trinajstić information content (AvgIpc) is 2.69. The van der Waals surface area contributed by atoms with Crippen LogP contribution in [0, 0.1) is 6.92 Å². The SMILES string of the molecule is CCN(CC)S(=O)(=O)c1cc(C(=O)NC2CCOc3ccc(Br)cc32)ccc1C. The maximum absolute atomic E-state index is 13.0. The monoisotopic (exact) mass is 480 g/mol. The number of rotatable bonds is 6. The number of nitrogens with zero attached hydrogens (tertiary/aromatic N) is 1. The van der Waals surface area contributed by atoms with Crippen LogP contribution < -0.4 is 10.1 Å². The molecule has 1 N–H and O–H groups in total. The number of nitrogens with one attached hydrogen (secondary N) is 1. The molecule has 1 aliphatic heterocycles. The van der Waals surface area contributed by atoms with Gasteiger partial charge in [-0.3, -0.25) is 4.79 Å². The van der Waals surface area contributed by atoms with E-state index in [1.807, 2.05) is 18.2 Å². The molecule has 0 saturated carbocycles. The van der Waals surface area contributed by atoms with Crippen molar-refractivity contribution in [2.45, 2.75) is 38.1 Å². The summed E-state index contributed by atoms with van der Waals surface area (Å²) in [7, 11) is -3.65. The lowest BCUT2D eigenvalue weighted by Gasteiger charge is -2.27. The number of ether oxygens (including phenoxy) is 1. The Labute approximate surface area is 180 Å². The second-order valence-corrected chi connectivity index (χ2v) is 9.74. The van der Waals surface area contributed by atoms with E-state index in [1.54, 1.807) is 32.9 Å². The smallest absolute Gasteiger partial charge is 0.251 e. The molecule has 0 fully saturated rings. The Balaban J connectivity index is 1.89. The first-order valence-electron chi connectivity index (χ1n) is 9.61. The second kappa shape index (κ2) is 8.85. The first kappa shape index (κ1) is 21.8. The van der Waals surface area contributed by atoms with Crippen LogP contribution in [0.5, 0.6) is 5.75 Å². The molecule has 1 aliphatic rings. The molecule has 2 aromatic carbocycles. The summed E-state index contributed by atoms with van der Waals surface area (Å²) < 4.78 is 33.9. The molecule has 1 amide bonds. The zero-order valence-electron chi connectivity index (χ0n) is 16.7. The molecule has 1 heterocycles. The van der Waals surface area contributed by atoms with Crippen LogP contribution in [-0.4, -0.2) is 38.3 Å². The fraction of sp³-hybridized carbons (Fsp3) is 0.381. The van der Waals surface area contributed by atoms with Gasteiger partial charge in [-0.1, -0.05) is 35.8 Å². The summed E-state index contributed by atoms with van der Waals surface area (Å²) in [5.41, 5.74) is 1.85. The highest BCUT2D eigenvalue weighted by Crippen LogP contribution is 2.34. The lowest BCUT2D eigenvalue weighted by Crippen LogP contribution is -2.33. The Morgan fingerprint density at radius 1 is 1.21 bits per heavy atom. The van der Waals surface area contributed by atoms with Crippen molar-refractivity contribution in [3.8, 4) is 5.75 Å². The molecule has 0 aliphatic carbocycles. The molecule has 1 atom stereocenters. The standard InChI is InChI=1S/C21H25BrN2O4S/c1-4-24(5-2)29(26,27)20-12-15(7-6-14(20)3)21(25)23-18-10-11-28-19-9-8-16(22)13-17(18)19/h6-9,12-13,18H,4-5,10-11H2,1-3H3,(H,23,25). The van der Waals surface area contributed by atoms with Gasteiger partial charge in [0.1, 0.15) is 5.75 Å². The van der Waals surface area contributed by atoms with Crippen molar-refractivity contribution in [3.63, 3.8) is 0 Å². The number of amides is 1. The maximum atomic E-state index is 13.0. The van der Waals surface area contributed by atoms with Gasteiger partial charge in [-0.15, -0.1) is 0 Å². The van der Waals surface area contributed by atoms with Crippen molar-refractivity contribution in [1.29, 1.82) is 0 Å². The number of sulfonamides is 1. The molecule has 6 nitrogen and oxygen atoms in total. The minimum atomic E-state index is -3.65. The summed E-state index contributed by atoms with van der Waals surface area (Å²) in [5.74, 6) is 0.442. The van der Waals surface area contributed by atoms with Gasteiger partial charge in [0.2, 0.25) is 10.0 Å². The highest BCUT2D eigenvalue weighted by atomic mass is 79.9. The molecule has 0 bridgehead atoms. The third-order valence-electron chi connectivity index (χ3n) is 5.09. The maximum Gasteiger partial charge on any atom is 0.251 e. The number of hydrogen-bond acceptors (Lipinski definition) is 4. The highest BCUT2D eigenvalue weighted by molar-refractivity contribution is 9.10. The van der Waals surface area contributed by atoms with Gasteiger partial charge in [0.15, 0.2) is 0 Å². The topological polar surface area (TPSA) is 75.7 Å². The van der Waals surface area contributed by atoms with Gasteiger partial charge in [-0.2, -0.15) is 4.31 Å². The molecule has 29 heavy (non-hydrogen) atoms. The quantitative estimate of drug-likeness (QED) is 0.676. The summed E-state index contributed by atoms with van der Waals surface area (Å²) in [6.45, 7) is 6.60. The summed E-state index contributed by atoms with van der Waals surface area (Å²) in [6, 6.07) is 10.3. The average molecular weight is 481 g/mol. The van der Waals surface area contributed by atoms with Crippen LogP contribution in [0.1, 0.15) is 47.8 Å². The number of aryl methyl sites for hydroxylation is 1. The van der Waals surface area contributed by atoms with Crippen molar-refractivity contribution >= 4 is 31.9 Å². The van der Waals surface area contributed by atoms with Crippen LogP contribution in [0.15, 0.2) is 45.8 Å². The Bertz CT molecular complexity index is 1020. The van der Waals surface area contributed by atoms with E-state index in [9.17, 15) is 13.2 Å². The predicted octanol–water partition coefficient (Wildman–Crippen LogP) is 4.04. The molecule has 0 saturated heterocycles. The van der Waals surface area contributed by atoms with Crippen molar-refractivity contribution in [2.75, 3.05) is 19.7 Å². The molecule has 0 radical (unpaired) electrons. The van der Waals surface area contributed by atoms with Crippen molar-refractivity contribution < 1.29 is 17.9 Å². The molecule has 2 aromatic rings. The Hall–Kier alpha value is -1.90. The van der Waals surface area contributed by atoms with E-state index in [-0.39, 0.29) is 16.8 Å². The number of hydrogen-bond donors (Lipinski definition) is 1. The third-order valence-corrected chi connectivity index (χ3v) is 7.78. The predicted molar refractivity (Wildman–Crippen MR) is 116 cm³/mol. The van der Waals surface area contributed by atoms with Crippen LogP contribution in [-0.2, 0) is 10.0 Å². The lowest BCUT2D eigenvalue weighted by atomic mass is 10.00. The van der Waals surface area contributed by atoms with Crippen molar-refractivity contribution in [3.05, 3.63) is 57.6 Å². The lowest BCUT2D eigenvalue weighted by molar-refractivity contribution is 0.0924. The van der Waals surface area contributed by atoms with Gasteiger partial charge in [0, 0.05) is 35.1 Å². The van der Waals surface area contributed by atoms with Crippen molar-refractivity contribution in [1.82, 2.24) is 9.62 Å². The number of carbonyl (C=O) groups is 1. The summed E-state index contributed by atoms with van der Waals surface area (Å²) in [5, 5.41) is 3.03. The first-order valence-corrected chi connectivity index (χ1v) is 11.8. The molecule has 3 rings (SSSR count). The van der Waals surface area contributed by atoms with Gasteiger partial charge in [0.25, 0.3) is 5.91 Å². The van der Waals surface area contributed by atoms with Crippen LogP contribution in [0.4, 0.5) is 0 Å². The van der Waals surface area contributed by atoms with E-state index in [1.165, 1.54) is 10.4 Å². The van der Waals surface area contributed by atoms with Gasteiger partial charge in [-0.05, 0) is 42.8 Å².